The van der Waals surface area contributed by atoms with Gasteiger partial charge in [-0.3, -0.25) is 9.59 Å². The molecule has 0 saturated carbocycles. The van der Waals surface area contributed by atoms with E-state index in [1.165, 1.54) is 0 Å². The normalized spacial score (nSPS) is 17.2. The highest BCUT2D eigenvalue weighted by Gasteiger charge is 2.29. The average molecular weight is 418 g/mol. The highest BCUT2D eigenvalue weighted by molar-refractivity contribution is 9.10. The highest BCUT2D eigenvalue weighted by atomic mass is 79.9. The summed E-state index contributed by atoms with van der Waals surface area (Å²) in [5.74, 6) is -0.154. The summed E-state index contributed by atoms with van der Waals surface area (Å²) in [6.45, 7) is 5.55. The molecule has 1 unspecified atom stereocenters. The summed E-state index contributed by atoms with van der Waals surface area (Å²) >= 11 is 3.44. The van der Waals surface area contributed by atoms with Crippen molar-refractivity contribution in [3.8, 4) is 0 Å². The predicted octanol–water partition coefficient (Wildman–Crippen LogP) is 3.56. The second kappa shape index (κ2) is 8.08. The molecule has 5 nitrogen and oxygen atoms in total. The molecule has 1 aliphatic rings. The number of hydrogen-bond acceptors (Lipinski definition) is 2. The van der Waals surface area contributed by atoms with Gasteiger partial charge in [0, 0.05) is 29.8 Å². The maximum absolute atomic E-state index is 12.8. The van der Waals surface area contributed by atoms with E-state index in [4.69, 9.17) is 0 Å². The van der Waals surface area contributed by atoms with E-state index in [1.807, 2.05) is 44.2 Å². The van der Waals surface area contributed by atoms with Gasteiger partial charge in [0.1, 0.15) is 5.69 Å². The third kappa shape index (κ3) is 4.36. The number of nitrogens with one attached hydrogen (secondary N) is 2. The van der Waals surface area contributed by atoms with E-state index in [9.17, 15) is 9.59 Å². The second-order valence-electron chi connectivity index (χ2n) is 6.95. The third-order valence-corrected chi connectivity index (χ3v) is 5.29. The van der Waals surface area contributed by atoms with Crippen molar-refractivity contribution in [1.29, 1.82) is 0 Å². The smallest absolute Gasteiger partial charge is 0.270 e. The first-order valence-electron chi connectivity index (χ1n) is 8.91. The van der Waals surface area contributed by atoms with Crippen molar-refractivity contribution in [2.45, 2.75) is 33.2 Å². The van der Waals surface area contributed by atoms with E-state index in [-0.39, 0.29) is 17.7 Å². The molecule has 1 aliphatic heterocycles. The van der Waals surface area contributed by atoms with Gasteiger partial charge in [0.25, 0.3) is 5.91 Å². The maximum atomic E-state index is 12.8. The van der Waals surface area contributed by atoms with Crippen LogP contribution in [0.2, 0.25) is 0 Å². The van der Waals surface area contributed by atoms with Crippen LogP contribution in [-0.4, -0.2) is 34.8 Å². The Balaban J connectivity index is 1.60. The number of carbonyl (C=O) groups excluding carboxylic acids is 2. The van der Waals surface area contributed by atoms with E-state index < -0.39 is 0 Å². The van der Waals surface area contributed by atoms with Gasteiger partial charge in [-0.2, -0.15) is 0 Å². The van der Waals surface area contributed by atoms with Gasteiger partial charge >= 0.3 is 0 Å². The number of hydrogen-bond donors (Lipinski definition) is 2. The van der Waals surface area contributed by atoms with E-state index in [1.54, 1.807) is 4.90 Å². The molecule has 1 aromatic carbocycles. The molecule has 3 rings (SSSR count). The minimum atomic E-state index is -0.156. The number of benzene rings is 1. The molecule has 1 saturated heterocycles. The number of aromatic amines is 1. The van der Waals surface area contributed by atoms with Crippen LogP contribution >= 0.6 is 15.9 Å². The number of halogens is 1. The molecular weight excluding hydrogens is 394 g/mol. The Morgan fingerprint density at radius 1 is 1.31 bits per heavy atom. The fourth-order valence-corrected chi connectivity index (χ4v) is 3.91. The highest BCUT2D eigenvalue weighted by Crippen LogP contribution is 2.20. The lowest BCUT2D eigenvalue weighted by Crippen LogP contribution is -2.45. The van der Waals surface area contributed by atoms with Crippen LogP contribution in [0.5, 0.6) is 0 Å². The number of aryl methyl sites for hydroxylation is 2. The van der Waals surface area contributed by atoms with E-state index >= 15 is 0 Å². The molecular formula is C20H24BrN3O2. The van der Waals surface area contributed by atoms with Gasteiger partial charge in [-0.1, -0.05) is 28.1 Å². The molecule has 1 fully saturated rings. The summed E-state index contributed by atoms with van der Waals surface area (Å²) in [4.78, 5) is 30.3. The molecule has 26 heavy (non-hydrogen) atoms. The Bertz CT molecular complexity index is 815. The number of H-pyrrole nitrogens is 1. The van der Waals surface area contributed by atoms with Gasteiger partial charge < -0.3 is 15.2 Å². The number of likely N-dealkylation sites (tertiary alicyclic amines) is 1. The lowest BCUT2D eigenvalue weighted by Gasteiger charge is -2.32. The van der Waals surface area contributed by atoms with Crippen LogP contribution in [0.3, 0.4) is 0 Å². The molecule has 0 radical (unpaired) electrons. The van der Waals surface area contributed by atoms with E-state index in [0.717, 1.165) is 34.1 Å². The van der Waals surface area contributed by atoms with Gasteiger partial charge in [0.05, 0.1) is 5.92 Å². The summed E-state index contributed by atoms with van der Waals surface area (Å²) < 4.78 is 0.996. The van der Waals surface area contributed by atoms with E-state index in [2.05, 4.69) is 26.2 Å². The first kappa shape index (κ1) is 18.7. The minimum Gasteiger partial charge on any atom is -0.354 e. The zero-order valence-corrected chi connectivity index (χ0v) is 16.7. The maximum Gasteiger partial charge on any atom is 0.270 e. The summed E-state index contributed by atoms with van der Waals surface area (Å²) in [5, 5.41) is 3.01. The average Bonchev–Trinajstić information content (AvgIpc) is 2.97. The molecule has 0 aliphatic carbocycles. The molecule has 2 N–H and O–H groups in total. The number of aromatic nitrogens is 1. The van der Waals surface area contributed by atoms with Crippen molar-refractivity contribution in [1.82, 2.24) is 15.2 Å². The first-order valence-corrected chi connectivity index (χ1v) is 9.71. The predicted molar refractivity (Wildman–Crippen MR) is 105 cm³/mol. The third-order valence-electron chi connectivity index (χ3n) is 4.80. The van der Waals surface area contributed by atoms with Crippen molar-refractivity contribution in [3.63, 3.8) is 0 Å². The summed E-state index contributed by atoms with van der Waals surface area (Å²) in [6, 6.07) is 9.86. The largest absolute Gasteiger partial charge is 0.354 e. The Labute approximate surface area is 162 Å². The van der Waals surface area contributed by atoms with Crippen molar-refractivity contribution in [3.05, 3.63) is 57.3 Å². The Kier molecular flexibility index (Phi) is 5.81. The van der Waals surface area contributed by atoms with Crippen LogP contribution in [0.1, 0.15) is 40.2 Å². The first-order chi connectivity index (χ1) is 12.4. The second-order valence-corrected chi connectivity index (χ2v) is 7.86. The van der Waals surface area contributed by atoms with Gasteiger partial charge in [-0.05, 0) is 56.0 Å². The zero-order valence-electron chi connectivity index (χ0n) is 15.1. The Morgan fingerprint density at radius 2 is 2.12 bits per heavy atom. The molecule has 0 spiro atoms. The summed E-state index contributed by atoms with van der Waals surface area (Å²) in [6.07, 6.45) is 1.66. The van der Waals surface area contributed by atoms with Crippen LogP contribution in [0.15, 0.2) is 34.8 Å². The molecule has 2 amide bonds. The van der Waals surface area contributed by atoms with Crippen molar-refractivity contribution >= 4 is 27.7 Å². The molecule has 1 atom stereocenters. The summed E-state index contributed by atoms with van der Waals surface area (Å²) in [7, 11) is 0. The molecule has 138 valence electrons. The van der Waals surface area contributed by atoms with Crippen LogP contribution in [-0.2, 0) is 11.3 Å². The summed E-state index contributed by atoms with van der Waals surface area (Å²) in [5.41, 5.74) is 3.62. The molecule has 2 heterocycles. The van der Waals surface area contributed by atoms with Crippen molar-refractivity contribution < 1.29 is 9.59 Å². The standard InChI is InChI=1S/C20H24BrN3O2/c1-13-9-14(2)23-18(13)20(26)24-8-4-6-16(12-24)19(25)22-11-15-5-3-7-17(21)10-15/h3,5,7,9-10,16,23H,4,6,8,11-12H2,1-2H3,(H,22,25). The fourth-order valence-electron chi connectivity index (χ4n) is 3.47. The molecule has 0 bridgehead atoms. The van der Waals surface area contributed by atoms with Crippen LogP contribution < -0.4 is 5.32 Å². The number of amides is 2. The minimum absolute atomic E-state index is 0.0138. The molecule has 1 aromatic heterocycles. The SMILES string of the molecule is Cc1cc(C)c(C(=O)N2CCCC(C(=O)NCc3cccc(Br)c3)C2)[nH]1. The Morgan fingerprint density at radius 3 is 2.81 bits per heavy atom. The quantitative estimate of drug-likeness (QED) is 0.798. The fraction of sp³-hybridized carbons (Fsp3) is 0.400. The number of nitrogens with zero attached hydrogens (tertiary/aromatic N) is 1. The van der Waals surface area contributed by atoms with Crippen molar-refractivity contribution in [2.75, 3.05) is 13.1 Å². The van der Waals surface area contributed by atoms with Gasteiger partial charge in [0.15, 0.2) is 0 Å². The van der Waals surface area contributed by atoms with Crippen molar-refractivity contribution in [2.24, 2.45) is 5.92 Å². The van der Waals surface area contributed by atoms with Crippen LogP contribution in [0, 0.1) is 19.8 Å². The van der Waals surface area contributed by atoms with Gasteiger partial charge in [-0.15, -0.1) is 0 Å². The van der Waals surface area contributed by atoms with Crippen LogP contribution in [0.4, 0.5) is 0 Å². The van der Waals surface area contributed by atoms with E-state index in [0.29, 0.717) is 25.3 Å². The molecule has 2 aromatic rings. The number of rotatable bonds is 4. The lowest BCUT2D eigenvalue weighted by atomic mass is 9.96. The monoisotopic (exact) mass is 417 g/mol. The van der Waals surface area contributed by atoms with Gasteiger partial charge in [-0.25, -0.2) is 0 Å². The Hall–Kier alpha value is -2.08. The lowest BCUT2D eigenvalue weighted by molar-refractivity contribution is -0.126. The topological polar surface area (TPSA) is 65.2 Å². The molecule has 6 heteroatoms. The van der Waals surface area contributed by atoms with Crippen LogP contribution in [0.25, 0.3) is 0 Å². The number of piperidine rings is 1. The number of carbonyl (C=O) groups is 2. The van der Waals surface area contributed by atoms with Gasteiger partial charge in [0.2, 0.25) is 5.91 Å². The zero-order chi connectivity index (χ0) is 18.7.